The van der Waals surface area contributed by atoms with Gasteiger partial charge in [0.2, 0.25) is 11.8 Å². The largest absolute Gasteiger partial charge is 0.461 e. The molecule has 1 atom stereocenters. The Morgan fingerprint density at radius 3 is 2.67 bits per heavy atom. The van der Waals surface area contributed by atoms with Crippen molar-refractivity contribution < 1.29 is 8.83 Å². The van der Waals surface area contributed by atoms with E-state index in [1.165, 1.54) is 0 Å². The molecule has 0 aliphatic carbocycles. The third-order valence-corrected chi connectivity index (χ3v) is 5.74. The van der Waals surface area contributed by atoms with Crippen molar-refractivity contribution in [3.8, 4) is 23.0 Å². The molecule has 0 aliphatic rings. The smallest absolute Gasteiger partial charge is 0.247 e. The first-order valence-electron chi connectivity index (χ1n) is 9.55. The predicted molar refractivity (Wildman–Crippen MR) is 116 cm³/mol. The van der Waals surface area contributed by atoms with Crippen molar-refractivity contribution in [3.63, 3.8) is 0 Å². The van der Waals surface area contributed by atoms with E-state index in [9.17, 15) is 0 Å². The van der Waals surface area contributed by atoms with Crippen LogP contribution in [0.25, 0.3) is 33.9 Å². The van der Waals surface area contributed by atoms with Crippen molar-refractivity contribution in [1.29, 1.82) is 0 Å². The Morgan fingerprint density at radius 1 is 0.933 bits per heavy atom. The number of furan rings is 1. The zero-order valence-electron chi connectivity index (χ0n) is 16.4. The average Bonchev–Trinajstić information content (AvgIpc) is 3.46. The molecule has 0 saturated heterocycles. The van der Waals surface area contributed by atoms with Crippen LogP contribution in [0.15, 0.2) is 80.8 Å². The predicted octanol–water partition coefficient (Wildman–Crippen LogP) is 6.10. The number of aryl methyl sites for hydroxylation is 1. The molecule has 0 fully saturated rings. The van der Waals surface area contributed by atoms with E-state index in [-0.39, 0.29) is 5.25 Å². The van der Waals surface area contributed by atoms with Crippen molar-refractivity contribution in [1.82, 2.24) is 20.2 Å². The highest BCUT2D eigenvalue weighted by molar-refractivity contribution is 7.99. The maximum Gasteiger partial charge on any atom is 0.247 e. The molecular formula is C23H18N4O2S. The molecule has 0 amide bonds. The number of thioether (sulfide) groups is 1. The topological polar surface area (TPSA) is 77.8 Å². The van der Waals surface area contributed by atoms with Crippen molar-refractivity contribution in [3.05, 3.63) is 78.4 Å². The van der Waals surface area contributed by atoms with E-state index >= 15 is 0 Å². The molecule has 1 unspecified atom stereocenters. The van der Waals surface area contributed by atoms with Crippen molar-refractivity contribution in [2.75, 3.05) is 0 Å². The van der Waals surface area contributed by atoms with E-state index in [4.69, 9.17) is 13.8 Å². The molecule has 5 aromatic rings. The molecule has 0 aliphatic heterocycles. The van der Waals surface area contributed by atoms with Crippen LogP contribution in [0.1, 0.15) is 23.6 Å². The van der Waals surface area contributed by atoms with Crippen LogP contribution in [0.3, 0.4) is 0 Å². The first-order valence-corrected chi connectivity index (χ1v) is 10.4. The van der Waals surface area contributed by atoms with E-state index < -0.39 is 0 Å². The molecule has 3 heterocycles. The van der Waals surface area contributed by atoms with Gasteiger partial charge in [0.25, 0.3) is 0 Å². The van der Waals surface area contributed by atoms with E-state index in [0.29, 0.717) is 23.4 Å². The van der Waals surface area contributed by atoms with Gasteiger partial charge in [0.05, 0.1) is 17.0 Å². The lowest BCUT2D eigenvalue weighted by molar-refractivity contribution is 0.509. The lowest BCUT2D eigenvalue weighted by Crippen LogP contribution is -1.96. The summed E-state index contributed by atoms with van der Waals surface area (Å²) in [5, 5.41) is 10.2. The monoisotopic (exact) mass is 414 g/mol. The number of hydrogen-bond acceptors (Lipinski definition) is 7. The Morgan fingerprint density at radius 2 is 1.83 bits per heavy atom. The second kappa shape index (κ2) is 7.76. The van der Waals surface area contributed by atoms with Gasteiger partial charge in [-0.3, -0.25) is 0 Å². The molecule has 3 aromatic heterocycles. The Bertz CT molecular complexity index is 1310. The van der Waals surface area contributed by atoms with Crippen LogP contribution in [0.5, 0.6) is 0 Å². The lowest BCUT2D eigenvalue weighted by atomic mass is 10.1. The number of fused-ring (bicyclic) bond motifs is 1. The minimum Gasteiger partial charge on any atom is -0.461 e. The van der Waals surface area contributed by atoms with E-state index in [1.807, 2.05) is 74.5 Å². The highest BCUT2D eigenvalue weighted by Crippen LogP contribution is 2.38. The van der Waals surface area contributed by atoms with Gasteiger partial charge < -0.3 is 8.83 Å². The van der Waals surface area contributed by atoms with Crippen LogP contribution in [-0.4, -0.2) is 20.2 Å². The summed E-state index contributed by atoms with van der Waals surface area (Å²) in [7, 11) is 0. The quantitative estimate of drug-likeness (QED) is 0.254. The Labute approximate surface area is 177 Å². The van der Waals surface area contributed by atoms with Crippen molar-refractivity contribution in [2.45, 2.75) is 24.1 Å². The number of aromatic nitrogens is 4. The number of nitrogens with zero attached hydrogens (tertiary/aromatic N) is 4. The molecule has 30 heavy (non-hydrogen) atoms. The number of benzene rings is 2. The van der Waals surface area contributed by atoms with Crippen LogP contribution in [0.4, 0.5) is 0 Å². The first kappa shape index (κ1) is 18.6. The molecule has 148 valence electrons. The van der Waals surface area contributed by atoms with Gasteiger partial charge in [0.15, 0.2) is 11.6 Å². The fourth-order valence-electron chi connectivity index (χ4n) is 3.16. The van der Waals surface area contributed by atoms with E-state index in [1.54, 1.807) is 18.0 Å². The first-order chi connectivity index (χ1) is 14.7. The maximum atomic E-state index is 5.97. The van der Waals surface area contributed by atoms with Gasteiger partial charge >= 0.3 is 0 Å². The second-order valence-corrected chi connectivity index (χ2v) is 8.25. The summed E-state index contributed by atoms with van der Waals surface area (Å²) in [4.78, 5) is 9.39. The molecule has 6 nitrogen and oxygen atoms in total. The molecular weight excluding hydrogens is 396 g/mol. The Kier molecular flexibility index (Phi) is 4.80. The van der Waals surface area contributed by atoms with E-state index in [0.717, 1.165) is 27.1 Å². The van der Waals surface area contributed by atoms with Crippen LogP contribution < -0.4 is 0 Å². The standard InChI is InChI=1S/C23H18N4O2S/c1-14-7-5-8-16(13-14)22-27-26-21(29-22)15(2)30-23-17-9-3-4-10-18(17)24-20(25-23)19-11-6-12-28-19/h3-13,15H,1-2H3. The molecule has 5 rings (SSSR count). The van der Waals surface area contributed by atoms with Crippen LogP contribution in [0.2, 0.25) is 0 Å². The summed E-state index contributed by atoms with van der Waals surface area (Å²) in [5.41, 5.74) is 2.92. The maximum absolute atomic E-state index is 5.97. The highest BCUT2D eigenvalue weighted by Gasteiger charge is 2.20. The van der Waals surface area contributed by atoms with Gasteiger partial charge in [-0.15, -0.1) is 10.2 Å². The fourth-order valence-corrected chi connectivity index (χ4v) is 4.13. The summed E-state index contributed by atoms with van der Waals surface area (Å²) in [6.45, 7) is 4.07. The van der Waals surface area contributed by atoms with Gasteiger partial charge in [-0.05, 0) is 44.2 Å². The number of para-hydroxylation sites is 1. The summed E-state index contributed by atoms with van der Waals surface area (Å²) in [5.74, 6) is 2.26. The van der Waals surface area contributed by atoms with Crippen LogP contribution >= 0.6 is 11.8 Å². The van der Waals surface area contributed by atoms with Crippen molar-refractivity contribution in [2.24, 2.45) is 0 Å². The minimum atomic E-state index is -0.0844. The molecule has 2 aromatic carbocycles. The average molecular weight is 414 g/mol. The normalized spacial score (nSPS) is 12.3. The Hall–Kier alpha value is -3.45. The van der Waals surface area contributed by atoms with Gasteiger partial charge in [-0.2, -0.15) is 0 Å². The number of hydrogen-bond donors (Lipinski definition) is 0. The van der Waals surface area contributed by atoms with Crippen molar-refractivity contribution >= 4 is 22.7 Å². The Balaban J connectivity index is 1.48. The lowest BCUT2D eigenvalue weighted by Gasteiger charge is -2.10. The summed E-state index contributed by atoms with van der Waals surface area (Å²) in [6, 6.07) is 19.6. The van der Waals surface area contributed by atoms with Crippen LogP contribution in [0, 0.1) is 6.92 Å². The van der Waals surface area contributed by atoms with Crippen LogP contribution in [-0.2, 0) is 0 Å². The summed E-state index contributed by atoms with van der Waals surface area (Å²) < 4.78 is 11.5. The summed E-state index contributed by atoms with van der Waals surface area (Å²) >= 11 is 1.56. The fraction of sp³-hybridized carbons (Fsp3) is 0.130. The summed E-state index contributed by atoms with van der Waals surface area (Å²) in [6.07, 6.45) is 1.62. The van der Waals surface area contributed by atoms with Gasteiger partial charge in [0, 0.05) is 10.9 Å². The zero-order valence-corrected chi connectivity index (χ0v) is 17.3. The molecule has 0 bridgehead atoms. The second-order valence-electron chi connectivity index (χ2n) is 6.92. The molecule has 0 spiro atoms. The third-order valence-electron chi connectivity index (χ3n) is 4.65. The highest BCUT2D eigenvalue weighted by atomic mass is 32.2. The SMILES string of the molecule is Cc1cccc(-c2nnc(C(C)Sc3nc(-c4ccco4)nc4ccccc34)o2)c1. The van der Waals surface area contributed by atoms with Gasteiger partial charge in [0.1, 0.15) is 5.03 Å². The van der Waals surface area contributed by atoms with E-state index in [2.05, 4.69) is 15.2 Å². The van der Waals surface area contributed by atoms with Gasteiger partial charge in [-0.1, -0.05) is 47.7 Å². The molecule has 0 radical (unpaired) electrons. The molecule has 0 N–H and O–H groups in total. The minimum absolute atomic E-state index is 0.0844. The zero-order chi connectivity index (χ0) is 20.5. The van der Waals surface area contributed by atoms with Gasteiger partial charge in [-0.25, -0.2) is 9.97 Å². The number of rotatable bonds is 5. The third kappa shape index (κ3) is 3.59. The molecule has 0 saturated carbocycles. The molecule has 7 heteroatoms.